The summed E-state index contributed by atoms with van der Waals surface area (Å²) in [6.45, 7) is 1.11. The zero-order valence-electron chi connectivity index (χ0n) is 9.36. The van der Waals surface area contributed by atoms with Crippen LogP contribution < -0.4 is 10.8 Å². The van der Waals surface area contributed by atoms with E-state index in [4.69, 9.17) is 9.94 Å². The number of methoxy groups -OCH3 is 1. The second kappa shape index (κ2) is 7.00. The van der Waals surface area contributed by atoms with Gasteiger partial charge in [-0.15, -0.1) is 11.3 Å². The zero-order chi connectivity index (χ0) is 12.7. The maximum Gasteiger partial charge on any atom is 0.284 e. The highest BCUT2D eigenvalue weighted by Crippen LogP contribution is 2.15. The van der Waals surface area contributed by atoms with E-state index in [1.54, 1.807) is 13.2 Å². The van der Waals surface area contributed by atoms with E-state index in [9.17, 15) is 9.59 Å². The SMILES string of the molecule is COCCCNC(=O)c1ccc(C(=O)NO)s1. The molecule has 0 fully saturated rings. The maximum atomic E-state index is 11.6. The highest BCUT2D eigenvalue weighted by Gasteiger charge is 2.12. The van der Waals surface area contributed by atoms with Gasteiger partial charge in [0.15, 0.2) is 0 Å². The molecule has 0 aliphatic heterocycles. The van der Waals surface area contributed by atoms with Crippen molar-refractivity contribution in [2.24, 2.45) is 0 Å². The number of carbonyl (C=O) groups excluding carboxylic acids is 2. The second-order valence-electron chi connectivity index (χ2n) is 3.21. The van der Waals surface area contributed by atoms with Crippen molar-refractivity contribution in [1.82, 2.24) is 10.8 Å². The van der Waals surface area contributed by atoms with Gasteiger partial charge >= 0.3 is 0 Å². The van der Waals surface area contributed by atoms with Gasteiger partial charge in [0.2, 0.25) is 0 Å². The summed E-state index contributed by atoms with van der Waals surface area (Å²) < 4.78 is 4.85. The molecule has 7 heteroatoms. The lowest BCUT2D eigenvalue weighted by atomic mass is 10.4. The van der Waals surface area contributed by atoms with Crippen LogP contribution in [0, 0.1) is 0 Å². The van der Waals surface area contributed by atoms with Crippen LogP contribution in [0.25, 0.3) is 0 Å². The molecule has 94 valence electrons. The third-order valence-corrected chi connectivity index (χ3v) is 3.05. The molecule has 1 aromatic rings. The van der Waals surface area contributed by atoms with E-state index in [1.807, 2.05) is 0 Å². The molecule has 0 aromatic carbocycles. The number of ether oxygens (including phenoxy) is 1. The molecule has 0 bridgehead atoms. The van der Waals surface area contributed by atoms with E-state index < -0.39 is 5.91 Å². The molecule has 0 unspecified atom stereocenters. The first kappa shape index (κ1) is 13.6. The molecule has 1 rings (SSSR count). The fourth-order valence-electron chi connectivity index (χ4n) is 1.14. The molecular formula is C10H14N2O4S. The van der Waals surface area contributed by atoms with E-state index in [0.29, 0.717) is 18.0 Å². The molecule has 0 atom stereocenters. The van der Waals surface area contributed by atoms with Gasteiger partial charge in [-0.1, -0.05) is 0 Å². The largest absolute Gasteiger partial charge is 0.385 e. The maximum absolute atomic E-state index is 11.6. The number of thiophene rings is 1. The fraction of sp³-hybridized carbons (Fsp3) is 0.400. The van der Waals surface area contributed by atoms with Gasteiger partial charge in [-0.3, -0.25) is 14.8 Å². The highest BCUT2D eigenvalue weighted by molar-refractivity contribution is 7.15. The third-order valence-electron chi connectivity index (χ3n) is 1.97. The smallest absolute Gasteiger partial charge is 0.284 e. The highest BCUT2D eigenvalue weighted by atomic mass is 32.1. The Labute approximate surface area is 103 Å². The molecule has 0 radical (unpaired) electrons. The van der Waals surface area contributed by atoms with Crippen molar-refractivity contribution >= 4 is 23.2 Å². The minimum Gasteiger partial charge on any atom is -0.385 e. The first-order valence-corrected chi connectivity index (χ1v) is 5.82. The van der Waals surface area contributed by atoms with Gasteiger partial charge in [0.25, 0.3) is 11.8 Å². The van der Waals surface area contributed by atoms with Crippen LogP contribution in [0.3, 0.4) is 0 Å². The molecule has 0 saturated heterocycles. The van der Waals surface area contributed by atoms with Crippen molar-refractivity contribution in [2.45, 2.75) is 6.42 Å². The lowest BCUT2D eigenvalue weighted by Crippen LogP contribution is -2.24. The standard InChI is InChI=1S/C10H14N2O4S/c1-16-6-2-5-11-9(13)7-3-4-8(17-7)10(14)12-15/h3-4,15H,2,5-6H2,1H3,(H,11,13)(H,12,14). The van der Waals surface area contributed by atoms with Crippen LogP contribution in [0.15, 0.2) is 12.1 Å². The molecule has 2 amide bonds. The van der Waals surface area contributed by atoms with Crippen molar-refractivity contribution in [2.75, 3.05) is 20.3 Å². The first-order valence-electron chi connectivity index (χ1n) is 5.00. The van der Waals surface area contributed by atoms with Crippen LogP contribution in [-0.4, -0.2) is 37.3 Å². The Morgan fingerprint density at radius 1 is 1.35 bits per heavy atom. The Morgan fingerprint density at radius 3 is 2.59 bits per heavy atom. The van der Waals surface area contributed by atoms with Crippen LogP contribution in [0.2, 0.25) is 0 Å². The van der Waals surface area contributed by atoms with Crippen LogP contribution in [-0.2, 0) is 4.74 Å². The monoisotopic (exact) mass is 258 g/mol. The van der Waals surface area contributed by atoms with Gasteiger partial charge in [0.05, 0.1) is 9.75 Å². The third kappa shape index (κ3) is 4.14. The van der Waals surface area contributed by atoms with Gasteiger partial charge in [-0.05, 0) is 18.6 Å². The normalized spacial score (nSPS) is 10.0. The molecule has 0 aliphatic rings. The van der Waals surface area contributed by atoms with Gasteiger partial charge < -0.3 is 10.1 Å². The quantitative estimate of drug-likeness (QED) is 0.397. The lowest BCUT2D eigenvalue weighted by molar-refractivity contribution is 0.0711. The van der Waals surface area contributed by atoms with E-state index in [-0.39, 0.29) is 10.8 Å². The van der Waals surface area contributed by atoms with Crippen molar-refractivity contribution in [3.05, 3.63) is 21.9 Å². The summed E-state index contributed by atoms with van der Waals surface area (Å²) in [6, 6.07) is 3.03. The van der Waals surface area contributed by atoms with E-state index in [1.165, 1.54) is 11.5 Å². The number of rotatable bonds is 6. The Hall–Kier alpha value is -1.44. The van der Waals surface area contributed by atoms with Crippen LogP contribution >= 0.6 is 11.3 Å². The van der Waals surface area contributed by atoms with E-state index >= 15 is 0 Å². The van der Waals surface area contributed by atoms with Crippen molar-refractivity contribution in [3.8, 4) is 0 Å². The Kier molecular flexibility index (Phi) is 5.61. The Morgan fingerprint density at radius 2 is 2.00 bits per heavy atom. The minimum absolute atomic E-state index is 0.233. The number of hydroxylamine groups is 1. The summed E-state index contributed by atoms with van der Waals surface area (Å²) in [7, 11) is 1.60. The summed E-state index contributed by atoms with van der Waals surface area (Å²) in [6.07, 6.45) is 0.734. The number of hydrogen-bond acceptors (Lipinski definition) is 5. The Balaban J connectivity index is 2.46. The molecule has 17 heavy (non-hydrogen) atoms. The predicted octanol–water partition coefficient (Wildman–Crippen LogP) is 0.633. The average Bonchev–Trinajstić information content (AvgIpc) is 2.83. The molecule has 1 heterocycles. The molecule has 0 saturated carbocycles. The topological polar surface area (TPSA) is 87.7 Å². The summed E-state index contributed by atoms with van der Waals surface area (Å²) in [4.78, 5) is 23.4. The number of hydrogen-bond donors (Lipinski definition) is 3. The summed E-state index contributed by atoms with van der Waals surface area (Å²) in [5.41, 5.74) is 1.52. The fourth-order valence-corrected chi connectivity index (χ4v) is 1.95. The minimum atomic E-state index is -0.617. The van der Waals surface area contributed by atoms with E-state index in [2.05, 4.69) is 5.32 Å². The Bertz CT molecular complexity index is 391. The number of nitrogens with one attached hydrogen (secondary N) is 2. The molecule has 1 aromatic heterocycles. The van der Waals surface area contributed by atoms with Crippen molar-refractivity contribution in [1.29, 1.82) is 0 Å². The van der Waals surface area contributed by atoms with Gasteiger partial charge in [-0.2, -0.15) is 0 Å². The number of amides is 2. The van der Waals surface area contributed by atoms with Gasteiger partial charge in [0, 0.05) is 20.3 Å². The van der Waals surface area contributed by atoms with Crippen LogP contribution in [0.5, 0.6) is 0 Å². The zero-order valence-corrected chi connectivity index (χ0v) is 10.2. The van der Waals surface area contributed by atoms with Crippen LogP contribution in [0.1, 0.15) is 25.8 Å². The number of carbonyl (C=O) groups is 2. The lowest BCUT2D eigenvalue weighted by Gasteiger charge is -2.02. The summed E-state index contributed by atoms with van der Waals surface area (Å²) in [5.74, 6) is -0.850. The van der Waals surface area contributed by atoms with Crippen LogP contribution in [0.4, 0.5) is 0 Å². The van der Waals surface area contributed by atoms with E-state index in [0.717, 1.165) is 17.8 Å². The van der Waals surface area contributed by atoms with Gasteiger partial charge in [0.1, 0.15) is 0 Å². The van der Waals surface area contributed by atoms with Gasteiger partial charge in [-0.25, -0.2) is 5.48 Å². The molecule has 3 N–H and O–H groups in total. The average molecular weight is 258 g/mol. The summed E-state index contributed by atoms with van der Waals surface area (Å²) >= 11 is 1.02. The second-order valence-corrected chi connectivity index (χ2v) is 4.29. The molecule has 0 aliphatic carbocycles. The summed E-state index contributed by atoms with van der Waals surface area (Å²) in [5, 5.41) is 11.1. The molecule has 6 nitrogen and oxygen atoms in total. The molecular weight excluding hydrogens is 244 g/mol. The molecule has 0 spiro atoms. The predicted molar refractivity (Wildman–Crippen MR) is 62.4 cm³/mol. The van der Waals surface area contributed by atoms with Crippen molar-refractivity contribution < 1.29 is 19.5 Å². The first-order chi connectivity index (χ1) is 8.19. The van der Waals surface area contributed by atoms with Crippen molar-refractivity contribution in [3.63, 3.8) is 0 Å².